The molecule has 0 atom stereocenters. The average Bonchev–Trinajstić information content (AvgIpc) is 2.95. The van der Waals surface area contributed by atoms with Crippen molar-refractivity contribution in [2.75, 3.05) is 36.4 Å². The normalized spacial score (nSPS) is 13.5. The van der Waals surface area contributed by atoms with E-state index in [1.807, 2.05) is 66.7 Å². The van der Waals surface area contributed by atoms with Gasteiger partial charge in [-0.1, -0.05) is 0 Å². The molecule has 3 aromatic rings. The van der Waals surface area contributed by atoms with Gasteiger partial charge in [0, 0.05) is 73.6 Å². The maximum atomic E-state index is 13.5. The van der Waals surface area contributed by atoms with Crippen molar-refractivity contribution in [3.05, 3.63) is 68.8 Å². The van der Waals surface area contributed by atoms with Crippen LogP contribution in [-0.4, -0.2) is 75.9 Å². The van der Waals surface area contributed by atoms with E-state index in [2.05, 4.69) is 25.5 Å². The molecule has 1 fully saturated rings. The van der Waals surface area contributed by atoms with E-state index in [9.17, 15) is 14.4 Å². The van der Waals surface area contributed by atoms with Crippen LogP contribution < -0.4 is 21.1 Å². The number of aromatic amines is 1. The second-order valence-corrected chi connectivity index (χ2v) is 12.2. The van der Waals surface area contributed by atoms with Crippen LogP contribution >= 0.6 is 0 Å². The Bertz CT molecular complexity index is 1580. The molecular formula is C32H42N8O4. The molecule has 1 aliphatic heterocycles. The van der Waals surface area contributed by atoms with Crippen LogP contribution in [0.25, 0.3) is 11.3 Å². The lowest BCUT2D eigenvalue weighted by Gasteiger charge is -2.36. The fourth-order valence-corrected chi connectivity index (χ4v) is 4.95. The van der Waals surface area contributed by atoms with E-state index >= 15 is 0 Å². The van der Waals surface area contributed by atoms with Crippen molar-refractivity contribution in [2.24, 2.45) is 0 Å². The third-order valence-electron chi connectivity index (χ3n) is 7.09. The lowest BCUT2D eigenvalue weighted by atomic mass is 10.0. The van der Waals surface area contributed by atoms with Gasteiger partial charge in [0.1, 0.15) is 17.2 Å². The van der Waals surface area contributed by atoms with Crippen LogP contribution in [0.5, 0.6) is 0 Å². The average molecular weight is 603 g/mol. The van der Waals surface area contributed by atoms with Crippen LogP contribution in [0.3, 0.4) is 0 Å². The van der Waals surface area contributed by atoms with Gasteiger partial charge in [0.15, 0.2) is 0 Å². The molecule has 4 rings (SSSR count). The van der Waals surface area contributed by atoms with Gasteiger partial charge in [0.25, 0.3) is 11.5 Å². The Morgan fingerprint density at radius 3 is 2.41 bits per heavy atom. The smallest absolute Gasteiger partial charge is 0.410 e. The number of ether oxygens (including phenoxy) is 1. The highest BCUT2D eigenvalue weighted by Crippen LogP contribution is 2.27. The van der Waals surface area contributed by atoms with Crippen molar-refractivity contribution in [1.82, 2.24) is 25.2 Å². The number of H-pyrrole nitrogens is 1. The minimum atomic E-state index is -0.541. The number of carbonyl (C=O) groups excluding carboxylic acids is 2. The molecule has 0 radical (unpaired) electrons. The second kappa shape index (κ2) is 13.3. The van der Waals surface area contributed by atoms with Gasteiger partial charge >= 0.3 is 6.09 Å². The summed E-state index contributed by atoms with van der Waals surface area (Å²) in [6, 6.07) is 7.29. The number of nitrogens with one attached hydrogen (secondary N) is 4. The molecule has 0 aliphatic carbocycles. The predicted molar refractivity (Wildman–Crippen MR) is 172 cm³/mol. The molecule has 4 heterocycles. The monoisotopic (exact) mass is 602 g/mol. The number of nitrogens with zero attached hydrogens (tertiary/aromatic N) is 4. The number of hydrogen-bond acceptors (Lipinski definition) is 9. The third-order valence-corrected chi connectivity index (χ3v) is 7.09. The summed E-state index contributed by atoms with van der Waals surface area (Å²) in [6.07, 6.45) is 2.50. The molecular weight excluding hydrogens is 560 g/mol. The Hall–Kier alpha value is -4.74. The quantitative estimate of drug-likeness (QED) is 0.279. The van der Waals surface area contributed by atoms with E-state index in [0.29, 0.717) is 54.4 Å². The molecule has 234 valence electrons. The maximum absolute atomic E-state index is 13.5. The van der Waals surface area contributed by atoms with Gasteiger partial charge in [-0.15, -0.1) is 0 Å². The van der Waals surface area contributed by atoms with Crippen molar-refractivity contribution in [2.45, 2.75) is 66.7 Å². The predicted octanol–water partition coefficient (Wildman–Crippen LogP) is 4.25. The highest BCUT2D eigenvalue weighted by Gasteiger charge is 2.26. The summed E-state index contributed by atoms with van der Waals surface area (Å²) in [4.78, 5) is 54.4. The molecule has 0 aromatic carbocycles. The van der Waals surface area contributed by atoms with Gasteiger partial charge < -0.3 is 35.6 Å². The summed E-state index contributed by atoms with van der Waals surface area (Å²) in [7, 11) is 0. The molecule has 0 saturated carbocycles. The Kier molecular flexibility index (Phi) is 9.71. The highest BCUT2D eigenvalue weighted by molar-refractivity contribution is 6.05. The van der Waals surface area contributed by atoms with Crippen molar-refractivity contribution < 1.29 is 14.3 Å². The van der Waals surface area contributed by atoms with Crippen molar-refractivity contribution in [3.8, 4) is 11.3 Å². The summed E-state index contributed by atoms with van der Waals surface area (Å²) < 4.78 is 5.49. The van der Waals surface area contributed by atoms with Gasteiger partial charge in [-0.05, 0) is 78.3 Å². The molecule has 1 aliphatic rings. The van der Waals surface area contributed by atoms with Crippen LogP contribution in [0.1, 0.15) is 67.4 Å². The van der Waals surface area contributed by atoms with Gasteiger partial charge in [0.2, 0.25) is 0 Å². The zero-order chi connectivity index (χ0) is 32.2. The Labute approximate surface area is 257 Å². The van der Waals surface area contributed by atoms with E-state index in [-0.39, 0.29) is 29.8 Å². The molecule has 12 nitrogen and oxygen atoms in total. The van der Waals surface area contributed by atoms with E-state index in [4.69, 9.17) is 15.1 Å². The molecule has 4 N–H and O–H groups in total. The maximum Gasteiger partial charge on any atom is 0.410 e. The van der Waals surface area contributed by atoms with E-state index in [1.165, 1.54) is 0 Å². The number of carbonyl (C=O) groups is 2. The molecule has 12 heteroatoms. The summed E-state index contributed by atoms with van der Waals surface area (Å²) in [5, 5.41) is 14.2. The summed E-state index contributed by atoms with van der Waals surface area (Å²) in [5.41, 5.74) is 3.05. The Balaban J connectivity index is 1.56. The third kappa shape index (κ3) is 7.80. The van der Waals surface area contributed by atoms with Crippen LogP contribution in [0.4, 0.5) is 16.4 Å². The minimum absolute atomic E-state index is 0.000904. The molecule has 44 heavy (non-hydrogen) atoms. The van der Waals surface area contributed by atoms with Gasteiger partial charge in [-0.25, -0.2) is 14.8 Å². The van der Waals surface area contributed by atoms with Crippen LogP contribution in [0.15, 0.2) is 35.3 Å². The number of amides is 2. The standard InChI is InChI=1S/C32H42N8O4/c1-19(2)36-28-24(16-33)23(29(41)35-18-25-20(3)14-21(4)37-30(25)42)15-26(38-28)22-8-9-27(34-17-22)39-10-12-40(13-11-39)31(43)44-32(5,6)7/h8-9,14-17,19,33H,10-13,18H2,1-7H3,(H,35,41)(H,36,38)(H,37,42). The topological polar surface area (TPSA) is 156 Å². The number of pyridine rings is 3. The minimum Gasteiger partial charge on any atom is -0.444 e. The first-order chi connectivity index (χ1) is 20.8. The lowest BCUT2D eigenvalue weighted by Crippen LogP contribution is -2.50. The van der Waals surface area contributed by atoms with Gasteiger partial charge in [-0.3, -0.25) is 9.59 Å². The summed E-state index contributed by atoms with van der Waals surface area (Å²) >= 11 is 0. The van der Waals surface area contributed by atoms with E-state index in [1.54, 1.807) is 17.2 Å². The fraction of sp³-hybridized carbons (Fsp3) is 0.438. The fourth-order valence-electron chi connectivity index (χ4n) is 4.95. The first-order valence-corrected chi connectivity index (χ1v) is 14.7. The largest absolute Gasteiger partial charge is 0.444 e. The first kappa shape index (κ1) is 32.2. The zero-order valence-corrected chi connectivity index (χ0v) is 26.5. The van der Waals surface area contributed by atoms with Gasteiger partial charge in [0.05, 0.1) is 11.3 Å². The number of aryl methyl sites for hydroxylation is 2. The molecule has 3 aromatic heterocycles. The number of hydrogen-bond donors (Lipinski definition) is 4. The van der Waals surface area contributed by atoms with E-state index < -0.39 is 11.5 Å². The second-order valence-electron chi connectivity index (χ2n) is 12.2. The zero-order valence-electron chi connectivity index (χ0n) is 26.5. The molecule has 0 unspecified atom stereocenters. The van der Waals surface area contributed by atoms with Crippen molar-refractivity contribution in [1.29, 1.82) is 5.41 Å². The Morgan fingerprint density at radius 2 is 1.84 bits per heavy atom. The SMILES string of the molecule is Cc1cc(C)c(CNC(=O)c2cc(-c3ccc(N4CCN(C(=O)OC(C)(C)C)CC4)nc3)nc(NC(C)C)c2C=N)c(=O)[nH]1. The number of piperazine rings is 1. The van der Waals surface area contributed by atoms with Crippen LogP contribution in [0, 0.1) is 19.3 Å². The summed E-state index contributed by atoms with van der Waals surface area (Å²) in [6.45, 7) is 15.4. The highest BCUT2D eigenvalue weighted by atomic mass is 16.6. The molecule has 2 amide bonds. The molecule has 0 spiro atoms. The Morgan fingerprint density at radius 1 is 1.14 bits per heavy atom. The molecule has 0 bridgehead atoms. The lowest BCUT2D eigenvalue weighted by molar-refractivity contribution is 0.0240. The number of anilines is 2. The summed E-state index contributed by atoms with van der Waals surface area (Å²) in [5.74, 6) is 0.751. The van der Waals surface area contributed by atoms with E-state index in [0.717, 1.165) is 23.3 Å². The van der Waals surface area contributed by atoms with Crippen LogP contribution in [-0.2, 0) is 11.3 Å². The number of rotatable bonds is 8. The van der Waals surface area contributed by atoms with Crippen LogP contribution in [0.2, 0.25) is 0 Å². The van der Waals surface area contributed by atoms with Gasteiger partial charge in [-0.2, -0.15) is 0 Å². The van der Waals surface area contributed by atoms with Crippen molar-refractivity contribution in [3.63, 3.8) is 0 Å². The first-order valence-electron chi connectivity index (χ1n) is 14.7. The molecule has 1 saturated heterocycles. The number of aromatic nitrogens is 3. The van der Waals surface area contributed by atoms with Crippen molar-refractivity contribution >= 4 is 29.9 Å².